The molecule has 0 fully saturated rings. The molecule has 2 rings (SSSR count). The number of allylic oxidation sites excluding steroid dienone is 1. The molecular weight excluding hydrogens is 430 g/mol. The number of benzene rings is 2. The molecule has 4 nitrogen and oxygen atoms in total. The molecule has 0 amide bonds. The summed E-state index contributed by atoms with van der Waals surface area (Å²) in [5.74, 6) is 0.894. The van der Waals surface area contributed by atoms with Crippen molar-refractivity contribution in [3.8, 4) is 11.8 Å². The van der Waals surface area contributed by atoms with E-state index in [-0.39, 0.29) is 27.4 Å². The maximum atomic E-state index is 13.0. The van der Waals surface area contributed by atoms with Gasteiger partial charge in [-0.15, -0.1) is 0 Å². The monoisotopic (exact) mass is 459 g/mol. The molecule has 31 heavy (non-hydrogen) atoms. The molecule has 0 spiro atoms. The Hall–Kier alpha value is -2.29. The summed E-state index contributed by atoms with van der Waals surface area (Å²) in [5.41, 5.74) is 2.13. The van der Waals surface area contributed by atoms with Crippen molar-refractivity contribution in [1.82, 2.24) is 0 Å². The van der Waals surface area contributed by atoms with E-state index in [1.54, 1.807) is 12.1 Å². The lowest BCUT2D eigenvalue weighted by Gasteiger charge is -2.21. The van der Waals surface area contributed by atoms with Crippen molar-refractivity contribution >= 4 is 27.5 Å². The van der Waals surface area contributed by atoms with Gasteiger partial charge in [-0.1, -0.05) is 46.2 Å². The topological polar surface area (TPSA) is 78.2 Å². The molecule has 0 aromatic heterocycles. The van der Waals surface area contributed by atoms with Crippen LogP contribution in [0.5, 0.6) is 5.75 Å². The smallest absolute Gasteiger partial charge is 0.216 e. The molecule has 6 heteroatoms. The highest BCUT2D eigenvalue weighted by molar-refractivity contribution is 7.95. The molecule has 166 valence electrons. The van der Waals surface area contributed by atoms with Gasteiger partial charge in [-0.3, -0.25) is 0 Å². The number of nitrogens with zero attached hydrogens (tertiary/aromatic N) is 1. The first-order chi connectivity index (χ1) is 14.5. The van der Waals surface area contributed by atoms with Crippen LogP contribution in [0.4, 0.5) is 0 Å². The van der Waals surface area contributed by atoms with Crippen LogP contribution in [0.2, 0.25) is 5.02 Å². The summed E-state index contributed by atoms with van der Waals surface area (Å²) < 4.78 is 26.0. The summed E-state index contributed by atoms with van der Waals surface area (Å²) in [6.45, 7) is 10.4. The Morgan fingerprint density at radius 1 is 1.10 bits per heavy atom. The molecule has 2 atom stereocenters. The maximum absolute atomic E-state index is 13.0. The van der Waals surface area contributed by atoms with Crippen LogP contribution in [-0.4, -0.2) is 13.5 Å². The molecule has 0 aliphatic carbocycles. The summed E-state index contributed by atoms with van der Waals surface area (Å²) in [5, 5.41) is 21.0. The highest BCUT2D eigenvalue weighted by atomic mass is 35.5. The molecule has 0 radical (unpaired) electrons. The van der Waals surface area contributed by atoms with E-state index in [1.807, 2.05) is 19.9 Å². The van der Waals surface area contributed by atoms with Gasteiger partial charge in [-0.25, -0.2) is 8.42 Å². The van der Waals surface area contributed by atoms with E-state index in [1.165, 1.54) is 30.3 Å². The second-order valence-corrected chi connectivity index (χ2v) is 10.8. The van der Waals surface area contributed by atoms with Crippen LogP contribution < -0.4 is 0 Å². The van der Waals surface area contributed by atoms with Gasteiger partial charge in [0.15, 0.2) is 0 Å². The zero-order chi connectivity index (χ0) is 23.3. The van der Waals surface area contributed by atoms with E-state index in [9.17, 15) is 18.8 Å². The SMILES string of the molecule is CCC(C)c1cc(/C=C(\C#N)S(=O)(=O)c2ccc(Cl)cc2)cc(C(C)CC(C)C)c1O. The number of aromatic hydroxyl groups is 1. The summed E-state index contributed by atoms with van der Waals surface area (Å²) in [6.07, 6.45) is 3.10. The summed E-state index contributed by atoms with van der Waals surface area (Å²) in [4.78, 5) is -0.336. The third-order valence-corrected chi connectivity index (χ3v) is 7.44. The van der Waals surface area contributed by atoms with Crippen molar-refractivity contribution in [1.29, 1.82) is 5.26 Å². The molecule has 0 heterocycles. The Kier molecular flexibility index (Phi) is 8.34. The predicted octanol–water partition coefficient (Wildman–Crippen LogP) is 7.05. The molecule has 2 aromatic carbocycles. The van der Waals surface area contributed by atoms with Gasteiger partial charge in [0.1, 0.15) is 16.7 Å². The van der Waals surface area contributed by atoms with Crippen LogP contribution in [0.25, 0.3) is 6.08 Å². The van der Waals surface area contributed by atoms with Gasteiger partial charge >= 0.3 is 0 Å². The van der Waals surface area contributed by atoms with Gasteiger partial charge in [-0.05, 0) is 89.8 Å². The number of nitriles is 1. The summed E-state index contributed by atoms with van der Waals surface area (Å²) >= 11 is 5.87. The number of phenols is 1. The van der Waals surface area contributed by atoms with Crippen LogP contribution >= 0.6 is 11.6 Å². The van der Waals surface area contributed by atoms with Crippen LogP contribution in [0.1, 0.15) is 76.0 Å². The average molecular weight is 460 g/mol. The second kappa shape index (κ2) is 10.3. The van der Waals surface area contributed by atoms with Gasteiger partial charge in [0.25, 0.3) is 0 Å². The normalized spacial score (nSPS) is 14.3. The quantitative estimate of drug-likeness (QED) is 0.429. The Bertz CT molecular complexity index is 1100. The zero-order valence-corrected chi connectivity index (χ0v) is 20.3. The average Bonchev–Trinajstić information content (AvgIpc) is 2.71. The highest BCUT2D eigenvalue weighted by Gasteiger charge is 2.23. The number of hydrogen-bond donors (Lipinski definition) is 1. The lowest BCUT2D eigenvalue weighted by atomic mass is 9.86. The number of rotatable bonds is 8. The van der Waals surface area contributed by atoms with Crippen molar-refractivity contribution in [2.75, 3.05) is 0 Å². The van der Waals surface area contributed by atoms with Gasteiger partial charge in [-0.2, -0.15) is 5.26 Å². The molecule has 2 aromatic rings. The lowest BCUT2D eigenvalue weighted by Crippen LogP contribution is -2.05. The first-order valence-electron chi connectivity index (χ1n) is 10.5. The van der Waals surface area contributed by atoms with Gasteiger partial charge in [0, 0.05) is 5.02 Å². The fourth-order valence-electron chi connectivity index (χ4n) is 3.65. The van der Waals surface area contributed by atoms with E-state index < -0.39 is 9.84 Å². The predicted molar refractivity (Wildman–Crippen MR) is 127 cm³/mol. The molecule has 0 saturated heterocycles. The largest absolute Gasteiger partial charge is 0.507 e. The highest BCUT2D eigenvalue weighted by Crippen LogP contribution is 2.39. The number of hydrogen-bond acceptors (Lipinski definition) is 4. The van der Waals surface area contributed by atoms with Crippen molar-refractivity contribution < 1.29 is 13.5 Å². The van der Waals surface area contributed by atoms with Crippen LogP contribution in [0.15, 0.2) is 46.2 Å². The van der Waals surface area contributed by atoms with E-state index in [2.05, 4.69) is 20.8 Å². The van der Waals surface area contributed by atoms with Crippen molar-refractivity contribution in [2.45, 2.75) is 64.2 Å². The van der Waals surface area contributed by atoms with Crippen molar-refractivity contribution in [2.24, 2.45) is 5.92 Å². The van der Waals surface area contributed by atoms with E-state index >= 15 is 0 Å². The molecule has 0 aliphatic heterocycles. The minimum Gasteiger partial charge on any atom is -0.507 e. The minimum atomic E-state index is -3.99. The zero-order valence-electron chi connectivity index (χ0n) is 18.7. The molecule has 0 saturated carbocycles. The lowest BCUT2D eigenvalue weighted by molar-refractivity contribution is 0.439. The first-order valence-corrected chi connectivity index (χ1v) is 12.4. The minimum absolute atomic E-state index is 0.0130. The fourth-order valence-corrected chi connectivity index (χ4v) is 4.94. The Morgan fingerprint density at radius 3 is 2.13 bits per heavy atom. The molecule has 2 unspecified atom stereocenters. The fraction of sp³-hybridized carbons (Fsp3) is 0.400. The standard InChI is InChI=1S/C25H30ClNO3S/c1-6-17(4)23-13-19(14-24(25(23)28)18(5)11-16(2)3)12-22(15-27)31(29,30)21-9-7-20(26)8-10-21/h7-10,12-14,16-18,28H,6,11H2,1-5H3/b22-12+. The summed E-state index contributed by atoms with van der Waals surface area (Å²) in [6, 6.07) is 11.2. The van der Waals surface area contributed by atoms with Crippen LogP contribution in [-0.2, 0) is 9.84 Å². The third kappa shape index (κ3) is 5.90. The maximum Gasteiger partial charge on any atom is 0.216 e. The third-order valence-electron chi connectivity index (χ3n) is 5.51. The molecule has 1 N–H and O–H groups in total. The van der Waals surface area contributed by atoms with Crippen molar-refractivity contribution in [3.05, 3.63) is 63.0 Å². The molecule has 0 aliphatic rings. The first kappa shape index (κ1) is 25.0. The van der Waals surface area contributed by atoms with E-state index in [0.29, 0.717) is 16.5 Å². The Morgan fingerprint density at radius 2 is 1.65 bits per heavy atom. The number of sulfone groups is 1. The van der Waals surface area contributed by atoms with Gasteiger partial charge in [0.05, 0.1) is 4.90 Å². The molecule has 0 bridgehead atoms. The molecular formula is C25H30ClNO3S. The van der Waals surface area contributed by atoms with Gasteiger partial charge in [0.2, 0.25) is 9.84 Å². The number of phenolic OH excluding ortho intramolecular Hbond substituents is 1. The summed E-state index contributed by atoms with van der Waals surface area (Å²) in [7, 11) is -3.99. The van der Waals surface area contributed by atoms with Crippen LogP contribution in [0.3, 0.4) is 0 Å². The Labute approximate surface area is 191 Å². The number of halogens is 1. The second-order valence-electron chi connectivity index (χ2n) is 8.47. The van der Waals surface area contributed by atoms with Gasteiger partial charge < -0.3 is 5.11 Å². The van der Waals surface area contributed by atoms with E-state index in [4.69, 9.17) is 11.6 Å². The van der Waals surface area contributed by atoms with Crippen LogP contribution in [0, 0.1) is 17.2 Å². The van der Waals surface area contributed by atoms with Crippen molar-refractivity contribution in [3.63, 3.8) is 0 Å². The van der Waals surface area contributed by atoms with E-state index in [0.717, 1.165) is 24.0 Å². The Balaban J connectivity index is 2.65.